The third-order valence-electron chi connectivity index (χ3n) is 5.52. The summed E-state index contributed by atoms with van der Waals surface area (Å²) in [5.74, 6) is 0.496. The van der Waals surface area contributed by atoms with Gasteiger partial charge in [0.1, 0.15) is 17.0 Å². The van der Waals surface area contributed by atoms with Crippen LogP contribution in [0, 0.1) is 12.8 Å². The Kier molecular flexibility index (Phi) is 4.99. The average molecular weight is 375 g/mol. The van der Waals surface area contributed by atoms with Gasteiger partial charge < -0.3 is 14.8 Å². The van der Waals surface area contributed by atoms with E-state index >= 15 is 0 Å². The third-order valence-corrected chi connectivity index (χ3v) is 5.52. The zero-order chi connectivity index (χ0) is 19.8. The molecule has 1 heterocycles. The van der Waals surface area contributed by atoms with Gasteiger partial charge >= 0.3 is 6.03 Å². The van der Waals surface area contributed by atoms with Crippen molar-refractivity contribution in [1.29, 1.82) is 0 Å². The van der Waals surface area contributed by atoms with Crippen LogP contribution in [0.3, 0.4) is 0 Å². The molecule has 1 saturated carbocycles. The molecule has 0 bridgehead atoms. The van der Waals surface area contributed by atoms with Crippen molar-refractivity contribution in [1.82, 2.24) is 15.8 Å². The summed E-state index contributed by atoms with van der Waals surface area (Å²) in [5, 5.41) is 3.56. The first-order chi connectivity index (χ1) is 12.8. The minimum atomic E-state index is -0.903. The second-order valence-electron chi connectivity index (χ2n) is 7.28. The van der Waals surface area contributed by atoms with Crippen LogP contribution in [0.4, 0.5) is 4.79 Å². The first-order valence-corrected chi connectivity index (χ1v) is 9.01. The summed E-state index contributed by atoms with van der Waals surface area (Å²) in [6, 6.07) is 2.49. The number of nitrogens with one attached hydrogen (secondary N) is 2. The number of hydrogen-bond donors (Lipinski definition) is 2. The van der Waals surface area contributed by atoms with Gasteiger partial charge in [0, 0.05) is 11.1 Å². The summed E-state index contributed by atoms with van der Waals surface area (Å²) in [5.41, 5.74) is 2.50. The van der Waals surface area contributed by atoms with Crippen LogP contribution in [-0.2, 0) is 4.79 Å². The summed E-state index contributed by atoms with van der Waals surface area (Å²) >= 11 is 0. The normalized spacial score (nSPS) is 24.7. The van der Waals surface area contributed by atoms with Gasteiger partial charge in [0.15, 0.2) is 0 Å². The monoisotopic (exact) mass is 375 g/mol. The van der Waals surface area contributed by atoms with E-state index in [-0.39, 0.29) is 5.56 Å². The fourth-order valence-corrected chi connectivity index (χ4v) is 3.70. The average Bonchev–Trinajstić information content (AvgIpc) is 2.88. The van der Waals surface area contributed by atoms with Crippen molar-refractivity contribution in [3.05, 3.63) is 23.3 Å². The number of rotatable bonds is 4. The molecule has 2 fully saturated rings. The van der Waals surface area contributed by atoms with Gasteiger partial charge in [-0.15, -0.1) is 0 Å². The van der Waals surface area contributed by atoms with E-state index in [1.807, 2.05) is 6.92 Å². The molecule has 1 spiro atoms. The molecule has 0 unspecified atom stereocenters. The lowest BCUT2D eigenvalue weighted by Crippen LogP contribution is -2.51. The molecule has 2 N–H and O–H groups in total. The van der Waals surface area contributed by atoms with E-state index < -0.39 is 23.4 Å². The van der Waals surface area contributed by atoms with Crippen molar-refractivity contribution in [2.75, 3.05) is 14.2 Å². The number of methoxy groups -OCH3 is 2. The van der Waals surface area contributed by atoms with E-state index in [1.54, 1.807) is 12.1 Å². The highest BCUT2D eigenvalue weighted by Crippen LogP contribution is 2.36. The molecule has 8 heteroatoms. The summed E-state index contributed by atoms with van der Waals surface area (Å²) in [7, 11) is 2.99. The first kappa shape index (κ1) is 19.0. The van der Waals surface area contributed by atoms with Crippen molar-refractivity contribution >= 4 is 17.8 Å². The molecule has 1 aromatic rings. The van der Waals surface area contributed by atoms with Crippen LogP contribution in [0.5, 0.6) is 11.5 Å². The maximum Gasteiger partial charge on any atom is 0.344 e. The number of hydrogen-bond acceptors (Lipinski definition) is 5. The number of carbonyl (C=O) groups is 3. The van der Waals surface area contributed by atoms with Crippen molar-refractivity contribution in [2.45, 2.75) is 45.1 Å². The molecule has 3 rings (SSSR count). The molecule has 1 saturated heterocycles. The molecular formula is C19H25N3O5. The van der Waals surface area contributed by atoms with Crippen LogP contribution in [0.25, 0.3) is 0 Å². The Morgan fingerprint density at radius 1 is 1.19 bits per heavy atom. The molecule has 1 aliphatic heterocycles. The fraction of sp³-hybridized carbons (Fsp3) is 0.526. The Morgan fingerprint density at radius 2 is 1.74 bits per heavy atom. The van der Waals surface area contributed by atoms with Crippen LogP contribution < -0.4 is 20.2 Å². The number of hydrazine groups is 1. The van der Waals surface area contributed by atoms with Gasteiger partial charge in [0.25, 0.3) is 11.8 Å². The molecule has 8 nitrogen and oxygen atoms in total. The van der Waals surface area contributed by atoms with E-state index in [9.17, 15) is 14.4 Å². The van der Waals surface area contributed by atoms with E-state index in [0.717, 1.165) is 23.4 Å². The van der Waals surface area contributed by atoms with Crippen molar-refractivity contribution in [3.8, 4) is 11.5 Å². The molecule has 4 amide bonds. The van der Waals surface area contributed by atoms with E-state index in [4.69, 9.17) is 9.47 Å². The maximum absolute atomic E-state index is 12.8. The lowest BCUT2D eigenvalue weighted by Gasteiger charge is -2.33. The Bertz CT molecular complexity index is 759. The number of nitrogens with zero attached hydrogens (tertiary/aromatic N) is 1. The summed E-state index contributed by atoms with van der Waals surface area (Å²) in [6.45, 7) is 3.94. The number of benzene rings is 1. The van der Waals surface area contributed by atoms with Crippen LogP contribution >= 0.6 is 0 Å². The molecule has 0 atom stereocenters. The largest absolute Gasteiger partial charge is 0.496 e. The highest BCUT2D eigenvalue weighted by atomic mass is 16.5. The Labute approximate surface area is 158 Å². The minimum absolute atomic E-state index is 0.230. The SMILES string of the molecule is COc1cc(C(=O)NN2C(=O)NC3(CCC(C)CC3)C2=O)cc(OC)c1C. The molecule has 0 radical (unpaired) electrons. The second kappa shape index (κ2) is 7.09. The second-order valence-corrected chi connectivity index (χ2v) is 7.28. The van der Waals surface area contributed by atoms with E-state index in [1.165, 1.54) is 14.2 Å². The van der Waals surface area contributed by atoms with Crippen LogP contribution in [0.15, 0.2) is 12.1 Å². The maximum atomic E-state index is 12.8. The summed E-state index contributed by atoms with van der Waals surface area (Å²) < 4.78 is 10.5. The van der Waals surface area contributed by atoms with Gasteiger partial charge in [0.2, 0.25) is 0 Å². The lowest BCUT2D eigenvalue weighted by atomic mass is 9.77. The van der Waals surface area contributed by atoms with Gasteiger partial charge in [-0.25, -0.2) is 4.79 Å². The number of amides is 4. The smallest absolute Gasteiger partial charge is 0.344 e. The van der Waals surface area contributed by atoms with Gasteiger partial charge in [-0.05, 0) is 50.7 Å². The Hall–Kier alpha value is -2.77. The van der Waals surface area contributed by atoms with Gasteiger partial charge in [0.05, 0.1) is 14.2 Å². The minimum Gasteiger partial charge on any atom is -0.496 e. The highest BCUT2D eigenvalue weighted by molar-refractivity contribution is 6.09. The molecule has 146 valence electrons. The van der Waals surface area contributed by atoms with Gasteiger partial charge in [-0.2, -0.15) is 5.01 Å². The first-order valence-electron chi connectivity index (χ1n) is 9.01. The molecule has 1 aliphatic carbocycles. The van der Waals surface area contributed by atoms with Crippen LogP contribution in [0.1, 0.15) is 48.5 Å². The lowest BCUT2D eigenvalue weighted by molar-refractivity contribution is -0.134. The molecule has 1 aromatic carbocycles. The van der Waals surface area contributed by atoms with Crippen LogP contribution in [-0.4, -0.2) is 42.6 Å². The number of urea groups is 1. The predicted molar refractivity (Wildman–Crippen MR) is 97.5 cm³/mol. The Balaban J connectivity index is 1.80. The molecule has 0 aromatic heterocycles. The van der Waals surface area contributed by atoms with E-state index in [0.29, 0.717) is 30.3 Å². The van der Waals surface area contributed by atoms with Gasteiger partial charge in [-0.1, -0.05) is 6.92 Å². The zero-order valence-electron chi connectivity index (χ0n) is 16.0. The summed E-state index contributed by atoms with van der Waals surface area (Å²) in [4.78, 5) is 37.8. The number of carbonyl (C=O) groups excluding carboxylic acids is 3. The van der Waals surface area contributed by atoms with Crippen molar-refractivity contribution in [3.63, 3.8) is 0 Å². The summed E-state index contributed by atoms with van der Waals surface area (Å²) in [6.07, 6.45) is 2.88. The van der Waals surface area contributed by atoms with Crippen molar-refractivity contribution in [2.24, 2.45) is 5.92 Å². The van der Waals surface area contributed by atoms with Gasteiger partial charge in [-0.3, -0.25) is 15.0 Å². The predicted octanol–water partition coefficient (Wildman–Crippen LogP) is 2.16. The zero-order valence-corrected chi connectivity index (χ0v) is 16.0. The topological polar surface area (TPSA) is 97.0 Å². The van der Waals surface area contributed by atoms with Crippen molar-refractivity contribution < 1.29 is 23.9 Å². The molecule has 2 aliphatic rings. The van der Waals surface area contributed by atoms with E-state index in [2.05, 4.69) is 17.7 Å². The molecular weight excluding hydrogens is 350 g/mol. The van der Waals surface area contributed by atoms with Crippen LogP contribution in [0.2, 0.25) is 0 Å². The fourth-order valence-electron chi connectivity index (χ4n) is 3.70. The molecule has 27 heavy (non-hydrogen) atoms. The number of imide groups is 1. The Morgan fingerprint density at radius 3 is 2.26 bits per heavy atom. The number of ether oxygens (including phenoxy) is 2. The quantitative estimate of drug-likeness (QED) is 0.786. The standard InChI is InChI=1S/C19H25N3O5/c1-11-5-7-19(8-6-11)17(24)22(18(25)20-19)21-16(23)13-9-14(26-3)12(2)15(10-13)27-4/h9-11H,5-8H2,1-4H3,(H,20,25)(H,21,23). The third kappa shape index (κ3) is 3.31. The highest BCUT2D eigenvalue weighted by Gasteiger charge is 2.52.